The van der Waals surface area contributed by atoms with Crippen molar-refractivity contribution < 1.29 is 9.59 Å². The molecule has 126 valence electrons. The normalized spacial score (nSPS) is 17.7. The lowest BCUT2D eigenvalue weighted by molar-refractivity contribution is -0.116. The van der Waals surface area contributed by atoms with Crippen molar-refractivity contribution in [2.24, 2.45) is 0 Å². The van der Waals surface area contributed by atoms with E-state index in [0.29, 0.717) is 17.3 Å². The molecule has 1 aromatic rings. The number of benzene rings is 1. The molecule has 1 fully saturated rings. The van der Waals surface area contributed by atoms with Gasteiger partial charge in [0.25, 0.3) is 0 Å². The summed E-state index contributed by atoms with van der Waals surface area (Å²) < 4.78 is 0. The molecule has 1 unspecified atom stereocenters. The number of nitrogens with zero attached hydrogens (tertiary/aromatic N) is 1. The molecule has 1 atom stereocenters. The van der Waals surface area contributed by atoms with E-state index in [1.807, 2.05) is 17.9 Å². The number of likely N-dealkylation sites (tertiary alicyclic amines) is 1. The summed E-state index contributed by atoms with van der Waals surface area (Å²) in [5.41, 5.74) is 1.55. The van der Waals surface area contributed by atoms with Crippen molar-refractivity contribution in [1.29, 1.82) is 0 Å². The number of hydrogen-bond donors (Lipinski definition) is 2. The molecule has 5 nitrogen and oxygen atoms in total. The first kappa shape index (κ1) is 17.6. The number of amides is 3. The van der Waals surface area contributed by atoms with E-state index in [2.05, 4.69) is 17.6 Å². The van der Waals surface area contributed by atoms with Crippen LogP contribution in [0.3, 0.4) is 0 Å². The highest BCUT2D eigenvalue weighted by Crippen LogP contribution is 2.23. The molecule has 2 N–H and O–H groups in total. The number of anilines is 1. The Morgan fingerprint density at radius 1 is 1.35 bits per heavy atom. The molecule has 0 bridgehead atoms. The molecule has 0 aromatic heterocycles. The van der Waals surface area contributed by atoms with Gasteiger partial charge in [-0.05, 0) is 50.8 Å². The number of carbonyl (C=O) groups excluding carboxylic acids is 2. The highest BCUT2D eigenvalue weighted by Gasteiger charge is 2.22. The standard InChI is InChI=1S/C17H24ClN3O2/c1-12-6-3-4-11-21(12)17(23)19-10-9-16(22)20-15-8-5-7-14(18)13(15)2/h5,7-8,12H,3-4,6,9-11H2,1-2H3,(H,19,23)(H,20,22). The average molecular weight is 338 g/mol. The number of halogens is 1. The van der Waals surface area contributed by atoms with Crippen LogP contribution in [0.15, 0.2) is 18.2 Å². The number of carbonyl (C=O) groups is 2. The molecule has 1 saturated heterocycles. The highest BCUT2D eigenvalue weighted by molar-refractivity contribution is 6.31. The van der Waals surface area contributed by atoms with Crippen LogP contribution >= 0.6 is 11.6 Å². The second kappa shape index (κ2) is 8.20. The van der Waals surface area contributed by atoms with Crippen LogP contribution in [0.5, 0.6) is 0 Å². The Morgan fingerprint density at radius 2 is 2.13 bits per heavy atom. The van der Waals surface area contributed by atoms with Crippen LogP contribution in [0.2, 0.25) is 5.02 Å². The third-order valence-electron chi connectivity index (χ3n) is 4.23. The first-order valence-corrected chi connectivity index (χ1v) is 8.46. The van der Waals surface area contributed by atoms with Crippen molar-refractivity contribution in [2.45, 2.75) is 45.6 Å². The van der Waals surface area contributed by atoms with Crippen LogP contribution in [0, 0.1) is 6.92 Å². The summed E-state index contributed by atoms with van der Waals surface area (Å²) in [6.07, 6.45) is 3.50. The summed E-state index contributed by atoms with van der Waals surface area (Å²) in [6.45, 7) is 5.04. The topological polar surface area (TPSA) is 61.4 Å². The molecular formula is C17H24ClN3O2. The van der Waals surface area contributed by atoms with Gasteiger partial charge in [0.2, 0.25) is 5.91 Å². The molecule has 3 amide bonds. The van der Waals surface area contributed by atoms with Gasteiger partial charge in [0.05, 0.1) is 0 Å². The summed E-state index contributed by atoms with van der Waals surface area (Å²) >= 11 is 6.03. The Morgan fingerprint density at radius 3 is 2.87 bits per heavy atom. The summed E-state index contributed by atoms with van der Waals surface area (Å²) in [7, 11) is 0. The molecule has 1 aliphatic rings. The van der Waals surface area contributed by atoms with Crippen molar-refractivity contribution >= 4 is 29.2 Å². The van der Waals surface area contributed by atoms with E-state index in [4.69, 9.17) is 11.6 Å². The van der Waals surface area contributed by atoms with Crippen molar-refractivity contribution in [3.05, 3.63) is 28.8 Å². The fraction of sp³-hybridized carbons (Fsp3) is 0.529. The Labute approximate surface area is 142 Å². The fourth-order valence-electron chi connectivity index (χ4n) is 2.74. The van der Waals surface area contributed by atoms with Gasteiger partial charge in [-0.15, -0.1) is 0 Å². The zero-order valence-electron chi connectivity index (χ0n) is 13.7. The van der Waals surface area contributed by atoms with E-state index >= 15 is 0 Å². The molecule has 0 spiro atoms. The smallest absolute Gasteiger partial charge is 0.317 e. The van der Waals surface area contributed by atoms with Crippen molar-refractivity contribution in [2.75, 3.05) is 18.4 Å². The Hall–Kier alpha value is -1.75. The average Bonchev–Trinajstić information content (AvgIpc) is 2.52. The molecule has 2 rings (SSSR count). The monoisotopic (exact) mass is 337 g/mol. The number of rotatable bonds is 4. The molecule has 6 heteroatoms. The first-order chi connectivity index (χ1) is 11.0. The third-order valence-corrected chi connectivity index (χ3v) is 4.64. The molecule has 1 heterocycles. The maximum atomic E-state index is 12.1. The van der Waals surface area contributed by atoms with Crippen LogP contribution in [-0.4, -0.2) is 36.0 Å². The lowest BCUT2D eigenvalue weighted by atomic mass is 10.0. The van der Waals surface area contributed by atoms with E-state index in [1.54, 1.807) is 12.1 Å². The lowest BCUT2D eigenvalue weighted by Crippen LogP contribution is -2.47. The summed E-state index contributed by atoms with van der Waals surface area (Å²) in [6, 6.07) is 5.58. The minimum absolute atomic E-state index is 0.0797. The fourth-order valence-corrected chi connectivity index (χ4v) is 2.91. The minimum Gasteiger partial charge on any atom is -0.337 e. The van der Waals surface area contributed by atoms with Crippen LogP contribution < -0.4 is 10.6 Å². The minimum atomic E-state index is -0.137. The Balaban J connectivity index is 1.76. The Kier molecular flexibility index (Phi) is 6.28. The van der Waals surface area contributed by atoms with Gasteiger partial charge in [-0.25, -0.2) is 4.79 Å². The van der Waals surface area contributed by atoms with E-state index < -0.39 is 0 Å². The SMILES string of the molecule is Cc1c(Cl)cccc1NC(=O)CCNC(=O)N1CCCCC1C. The van der Waals surface area contributed by atoms with E-state index in [1.165, 1.54) is 6.42 Å². The van der Waals surface area contributed by atoms with Gasteiger partial charge in [0.1, 0.15) is 0 Å². The highest BCUT2D eigenvalue weighted by atomic mass is 35.5. The zero-order chi connectivity index (χ0) is 16.8. The van der Waals surface area contributed by atoms with Gasteiger partial charge in [-0.3, -0.25) is 4.79 Å². The van der Waals surface area contributed by atoms with E-state index in [-0.39, 0.29) is 24.4 Å². The molecule has 1 aromatic carbocycles. The van der Waals surface area contributed by atoms with Gasteiger partial charge in [0, 0.05) is 36.3 Å². The van der Waals surface area contributed by atoms with E-state index in [9.17, 15) is 9.59 Å². The predicted molar refractivity (Wildman–Crippen MR) is 92.9 cm³/mol. The molecular weight excluding hydrogens is 314 g/mol. The van der Waals surface area contributed by atoms with Gasteiger partial charge in [-0.1, -0.05) is 17.7 Å². The number of nitrogens with one attached hydrogen (secondary N) is 2. The van der Waals surface area contributed by atoms with Gasteiger partial charge in [0.15, 0.2) is 0 Å². The first-order valence-electron chi connectivity index (χ1n) is 8.08. The molecule has 0 saturated carbocycles. The molecule has 0 aliphatic carbocycles. The molecule has 1 aliphatic heterocycles. The summed E-state index contributed by atoms with van der Waals surface area (Å²) in [5.74, 6) is -0.137. The Bertz CT molecular complexity index is 577. The molecule has 0 radical (unpaired) electrons. The second-order valence-electron chi connectivity index (χ2n) is 5.98. The van der Waals surface area contributed by atoms with Crippen molar-refractivity contribution in [3.63, 3.8) is 0 Å². The van der Waals surface area contributed by atoms with Crippen molar-refractivity contribution in [3.8, 4) is 0 Å². The summed E-state index contributed by atoms with van der Waals surface area (Å²) in [5, 5.41) is 6.27. The number of hydrogen-bond acceptors (Lipinski definition) is 2. The zero-order valence-corrected chi connectivity index (χ0v) is 14.4. The van der Waals surface area contributed by atoms with Gasteiger partial charge < -0.3 is 15.5 Å². The van der Waals surface area contributed by atoms with Crippen LogP contribution in [0.1, 0.15) is 38.2 Å². The van der Waals surface area contributed by atoms with Crippen LogP contribution in [-0.2, 0) is 4.79 Å². The van der Waals surface area contributed by atoms with Crippen molar-refractivity contribution in [1.82, 2.24) is 10.2 Å². The maximum Gasteiger partial charge on any atom is 0.317 e. The molecule has 23 heavy (non-hydrogen) atoms. The van der Waals surface area contributed by atoms with E-state index in [0.717, 1.165) is 24.9 Å². The number of urea groups is 1. The third kappa shape index (κ3) is 4.86. The number of piperidine rings is 1. The largest absolute Gasteiger partial charge is 0.337 e. The quantitative estimate of drug-likeness (QED) is 0.882. The van der Waals surface area contributed by atoms with Gasteiger partial charge in [-0.2, -0.15) is 0 Å². The van der Waals surface area contributed by atoms with Crippen LogP contribution in [0.4, 0.5) is 10.5 Å². The maximum absolute atomic E-state index is 12.1. The van der Waals surface area contributed by atoms with Gasteiger partial charge >= 0.3 is 6.03 Å². The van der Waals surface area contributed by atoms with Crippen LogP contribution in [0.25, 0.3) is 0 Å². The lowest BCUT2D eigenvalue weighted by Gasteiger charge is -2.33. The predicted octanol–water partition coefficient (Wildman–Crippen LogP) is 3.56. The summed E-state index contributed by atoms with van der Waals surface area (Å²) in [4.78, 5) is 25.9. The second-order valence-corrected chi connectivity index (χ2v) is 6.39.